The summed E-state index contributed by atoms with van der Waals surface area (Å²) in [5.74, 6) is -0.722. The number of benzene rings is 1. The van der Waals surface area contributed by atoms with Crippen LogP contribution in [0.3, 0.4) is 0 Å². The van der Waals surface area contributed by atoms with Gasteiger partial charge in [-0.1, -0.05) is 18.0 Å². The van der Waals surface area contributed by atoms with Gasteiger partial charge in [-0.15, -0.1) is 0 Å². The molecule has 0 spiro atoms. The average Bonchev–Trinajstić information content (AvgIpc) is 2.75. The summed E-state index contributed by atoms with van der Waals surface area (Å²) in [6, 6.07) is 3.86. The standard InChI is InChI=1S/C13H15ClFNO2/c14-10-6-8(4-5-11(10)15)13(18)16-7-9-2-1-3-12(9)17/h4-6,9,12,17H,1-3,7H2,(H,16,18). The minimum absolute atomic E-state index is 0.0662. The molecule has 5 heteroatoms. The highest BCUT2D eigenvalue weighted by Gasteiger charge is 2.25. The van der Waals surface area contributed by atoms with Gasteiger partial charge in [-0.3, -0.25) is 4.79 Å². The van der Waals surface area contributed by atoms with Crippen LogP contribution in [0.2, 0.25) is 5.02 Å². The Morgan fingerprint density at radius 2 is 2.28 bits per heavy atom. The predicted molar refractivity (Wildman–Crippen MR) is 67.1 cm³/mol. The van der Waals surface area contributed by atoms with Crippen molar-refractivity contribution in [3.8, 4) is 0 Å². The number of carbonyl (C=O) groups excluding carboxylic acids is 1. The molecule has 98 valence electrons. The molecule has 2 atom stereocenters. The Morgan fingerprint density at radius 1 is 1.50 bits per heavy atom. The molecular weight excluding hydrogens is 257 g/mol. The Morgan fingerprint density at radius 3 is 2.89 bits per heavy atom. The third-order valence-electron chi connectivity index (χ3n) is 3.33. The van der Waals surface area contributed by atoms with Gasteiger partial charge in [-0.2, -0.15) is 0 Å². The van der Waals surface area contributed by atoms with Gasteiger partial charge in [0, 0.05) is 18.0 Å². The van der Waals surface area contributed by atoms with Crippen molar-refractivity contribution in [2.75, 3.05) is 6.54 Å². The molecule has 3 nitrogen and oxygen atoms in total. The normalized spacial score (nSPS) is 23.1. The Balaban J connectivity index is 1.93. The van der Waals surface area contributed by atoms with Crippen LogP contribution in [0.25, 0.3) is 0 Å². The van der Waals surface area contributed by atoms with Gasteiger partial charge in [-0.25, -0.2) is 4.39 Å². The van der Waals surface area contributed by atoms with E-state index < -0.39 is 5.82 Å². The van der Waals surface area contributed by atoms with Gasteiger partial charge in [0.05, 0.1) is 11.1 Å². The third-order valence-corrected chi connectivity index (χ3v) is 3.62. The maximum absolute atomic E-state index is 12.9. The number of aliphatic hydroxyl groups is 1. The van der Waals surface area contributed by atoms with Crippen molar-refractivity contribution >= 4 is 17.5 Å². The number of halogens is 2. The van der Waals surface area contributed by atoms with E-state index in [0.717, 1.165) is 19.3 Å². The smallest absolute Gasteiger partial charge is 0.251 e. The molecule has 1 aliphatic rings. The lowest BCUT2D eigenvalue weighted by Gasteiger charge is -2.15. The van der Waals surface area contributed by atoms with E-state index in [2.05, 4.69) is 5.32 Å². The summed E-state index contributed by atoms with van der Waals surface area (Å²) in [7, 11) is 0. The second-order valence-corrected chi connectivity index (χ2v) is 5.00. The minimum Gasteiger partial charge on any atom is -0.393 e. The van der Waals surface area contributed by atoms with Gasteiger partial charge in [0.1, 0.15) is 5.82 Å². The van der Waals surface area contributed by atoms with E-state index in [1.807, 2.05) is 0 Å². The largest absolute Gasteiger partial charge is 0.393 e. The topological polar surface area (TPSA) is 49.3 Å². The summed E-state index contributed by atoms with van der Waals surface area (Å²) < 4.78 is 12.9. The van der Waals surface area contributed by atoms with Crippen LogP contribution >= 0.6 is 11.6 Å². The number of aliphatic hydroxyl groups excluding tert-OH is 1. The van der Waals surface area contributed by atoms with Crippen molar-refractivity contribution in [3.63, 3.8) is 0 Å². The lowest BCUT2D eigenvalue weighted by molar-refractivity contribution is 0.0917. The van der Waals surface area contributed by atoms with Crippen molar-refractivity contribution in [2.24, 2.45) is 5.92 Å². The maximum Gasteiger partial charge on any atom is 0.251 e. The van der Waals surface area contributed by atoms with Gasteiger partial charge >= 0.3 is 0 Å². The quantitative estimate of drug-likeness (QED) is 0.887. The second-order valence-electron chi connectivity index (χ2n) is 4.60. The molecule has 1 fully saturated rings. The molecule has 2 N–H and O–H groups in total. The minimum atomic E-state index is -0.542. The van der Waals surface area contributed by atoms with Crippen molar-refractivity contribution in [1.82, 2.24) is 5.32 Å². The Bertz CT molecular complexity index is 453. The molecule has 1 aromatic rings. The molecule has 0 saturated heterocycles. The Labute approximate surface area is 110 Å². The molecule has 0 bridgehead atoms. The van der Waals surface area contributed by atoms with Crippen LogP contribution in [0, 0.1) is 11.7 Å². The molecule has 1 amide bonds. The number of rotatable bonds is 3. The summed E-state index contributed by atoms with van der Waals surface area (Å²) >= 11 is 5.61. The number of hydrogen-bond acceptors (Lipinski definition) is 2. The van der Waals surface area contributed by atoms with E-state index in [1.165, 1.54) is 18.2 Å². The van der Waals surface area contributed by atoms with Gasteiger partial charge < -0.3 is 10.4 Å². The van der Waals surface area contributed by atoms with Crippen molar-refractivity contribution in [2.45, 2.75) is 25.4 Å². The number of amides is 1. The van der Waals surface area contributed by atoms with Gasteiger partial charge in [0.25, 0.3) is 5.91 Å². The summed E-state index contributed by atoms with van der Waals surface area (Å²) in [5.41, 5.74) is 0.328. The van der Waals surface area contributed by atoms with Crippen LogP contribution in [0.1, 0.15) is 29.6 Å². The predicted octanol–water partition coefficient (Wildman–Crippen LogP) is 2.37. The highest BCUT2D eigenvalue weighted by atomic mass is 35.5. The fourth-order valence-electron chi connectivity index (χ4n) is 2.22. The van der Waals surface area contributed by atoms with E-state index in [0.29, 0.717) is 12.1 Å². The van der Waals surface area contributed by atoms with E-state index in [4.69, 9.17) is 11.6 Å². The zero-order valence-electron chi connectivity index (χ0n) is 9.83. The van der Waals surface area contributed by atoms with Gasteiger partial charge in [-0.05, 0) is 31.0 Å². The number of hydrogen-bond donors (Lipinski definition) is 2. The van der Waals surface area contributed by atoms with Crippen LogP contribution in [-0.4, -0.2) is 23.7 Å². The van der Waals surface area contributed by atoms with Crippen LogP contribution in [0.15, 0.2) is 18.2 Å². The van der Waals surface area contributed by atoms with Crippen molar-refractivity contribution < 1.29 is 14.3 Å². The van der Waals surface area contributed by atoms with E-state index in [-0.39, 0.29) is 23.0 Å². The van der Waals surface area contributed by atoms with Gasteiger partial charge in [0.15, 0.2) is 0 Å². The second kappa shape index (κ2) is 5.67. The fourth-order valence-corrected chi connectivity index (χ4v) is 2.40. The van der Waals surface area contributed by atoms with E-state index in [9.17, 15) is 14.3 Å². The first-order valence-electron chi connectivity index (χ1n) is 5.99. The fraction of sp³-hybridized carbons (Fsp3) is 0.462. The highest BCUT2D eigenvalue weighted by molar-refractivity contribution is 6.31. The van der Waals surface area contributed by atoms with Crippen LogP contribution < -0.4 is 5.32 Å². The van der Waals surface area contributed by atoms with E-state index >= 15 is 0 Å². The Kier molecular flexibility index (Phi) is 4.19. The monoisotopic (exact) mass is 271 g/mol. The molecule has 0 heterocycles. The molecule has 2 unspecified atom stereocenters. The first kappa shape index (κ1) is 13.3. The average molecular weight is 272 g/mol. The first-order chi connectivity index (χ1) is 8.58. The summed E-state index contributed by atoms with van der Waals surface area (Å²) in [5, 5.41) is 12.3. The molecule has 1 saturated carbocycles. The molecule has 2 rings (SSSR count). The highest BCUT2D eigenvalue weighted by Crippen LogP contribution is 2.24. The number of nitrogens with one attached hydrogen (secondary N) is 1. The molecule has 1 aromatic carbocycles. The molecular formula is C13H15ClFNO2. The van der Waals surface area contributed by atoms with Crippen molar-refractivity contribution in [1.29, 1.82) is 0 Å². The third kappa shape index (κ3) is 3.00. The summed E-state index contributed by atoms with van der Waals surface area (Å²) in [4.78, 5) is 11.8. The lowest BCUT2D eigenvalue weighted by Crippen LogP contribution is -2.32. The van der Waals surface area contributed by atoms with Gasteiger partial charge in [0.2, 0.25) is 0 Å². The SMILES string of the molecule is O=C(NCC1CCCC1O)c1ccc(F)c(Cl)c1. The summed E-state index contributed by atoms with van der Waals surface area (Å²) in [6.07, 6.45) is 2.38. The zero-order valence-corrected chi connectivity index (χ0v) is 10.6. The van der Waals surface area contributed by atoms with E-state index in [1.54, 1.807) is 0 Å². The van der Waals surface area contributed by atoms with Crippen LogP contribution in [0.5, 0.6) is 0 Å². The Hall–Kier alpha value is -1.13. The summed E-state index contributed by atoms with van der Waals surface area (Å²) in [6.45, 7) is 0.439. The molecule has 0 aliphatic heterocycles. The molecule has 1 aliphatic carbocycles. The number of carbonyl (C=O) groups is 1. The molecule has 0 radical (unpaired) electrons. The molecule has 18 heavy (non-hydrogen) atoms. The van der Waals surface area contributed by atoms with Crippen LogP contribution in [0.4, 0.5) is 4.39 Å². The van der Waals surface area contributed by atoms with Crippen molar-refractivity contribution in [3.05, 3.63) is 34.6 Å². The first-order valence-corrected chi connectivity index (χ1v) is 6.37. The molecule has 0 aromatic heterocycles. The van der Waals surface area contributed by atoms with Crippen LogP contribution in [-0.2, 0) is 0 Å². The zero-order chi connectivity index (χ0) is 13.1. The maximum atomic E-state index is 12.9. The lowest BCUT2D eigenvalue weighted by atomic mass is 10.1.